The highest BCUT2D eigenvalue weighted by molar-refractivity contribution is 5.77. The number of benzene rings is 1. The Balaban J connectivity index is 1.46. The zero-order chi connectivity index (χ0) is 28.8. The van der Waals surface area contributed by atoms with E-state index in [0.717, 1.165) is 28.2 Å². The highest BCUT2D eigenvalue weighted by Crippen LogP contribution is 2.28. The molecular weight excluding hydrogens is 519 g/mol. The van der Waals surface area contributed by atoms with Crippen LogP contribution in [0.4, 0.5) is 24.8 Å². The van der Waals surface area contributed by atoms with E-state index in [1.165, 1.54) is 0 Å². The summed E-state index contributed by atoms with van der Waals surface area (Å²) < 4.78 is 41.4. The van der Waals surface area contributed by atoms with Gasteiger partial charge in [0.15, 0.2) is 5.65 Å². The Hall–Kier alpha value is -3.73. The van der Waals surface area contributed by atoms with Crippen molar-refractivity contribution >= 4 is 22.7 Å². The molecule has 40 heavy (non-hydrogen) atoms. The summed E-state index contributed by atoms with van der Waals surface area (Å²) in [7, 11) is 0. The lowest BCUT2D eigenvalue weighted by Gasteiger charge is -2.29. The number of pyridine rings is 1. The fraction of sp³-hybridized carbons (Fsp3) is 0.448. The van der Waals surface area contributed by atoms with Gasteiger partial charge in [0.1, 0.15) is 5.39 Å². The first kappa shape index (κ1) is 27.8. The van der Waals surface area contributed by atoms with Gasteiger partial charge in [-0.05, 0) is 55.7 Å². The maximum atomic E-state index is 13.4. The lowest BCUT2D eigenvalue weighted by molar-refractivity contribution is -0.138. The third-order valence-corrected chi connectivity index (χ3v) is 7.13. The summed E-state index contributed by atoms with van der Waals surface area (Å²) in [5.41, 5.74) is 4.70. The highest BCUT2D eigenvalue weighted by Gasteiger charge is 2.29. The highest BCUT2D eigenvalue weighted by atomic mass is 19.4. The fourth-order valence-electron chi connectivity index (χ4n) is 5.03. The SMILES string of the molecule is CC(C)n1c(=O)c2cnc(Nc3ccc4c(c3)CCN(CCC(F)(F)F)C4)nc2n1-c1ccnc(C(C)(C)C)c1. The number of aromatic nitrogens is 5. The van der Waals surface area contributed by atoms with E-state index in [1.54, 1.807) is 17.1 Å². The number of nitrogens with zero attached hydrogens (tertiary/aromatic N) is 6. The van der Waals surface area contributed by atoms with E-state index in [9.17, 15) is 18.0 Å². The van der Waals surface area contributed by atoms with Crippen LogP contribution in [0.3, 0.4) is 0 Å². The number of rotatable bonds is 6. The fourth-order valence-corrected chi connectivity index (χ4v) is 5.03. The molecule has 0 amide bonds. The van der Waals surface area contributed by atoms with Gasteiger partial charge in [0.05, 0.1) is 12.1 Å². The Morgan fingerprint density at radius 2 is 1.82 bits per heavy atom. The minimum absolute atomic E-state index is 0.00322. The molecule has 1 N–H and O–H groups in total. The first-order valence-corrected chi connectivity index (χ1v) is 13.5. The number of nitrogens with one attached hydrogen (secondary N) is 1. The van der Waals surface area contributed by atoms with Gasteiger partial charge in [-0.1, -0.05) is 26.8 Å². The first-order chi connectivity index (χ1) is 18.8. The summed E-state index contributed by atoms with van der Waals surface area (Å²) >= 11 is 0. The van der Waals surface area contributed by atoms with Gasteiger partial charge in [-0.25, -0.2) is 14.3 Å². The number of alkyl halides is 3. The number of fused-ring (bicyclic) bond motifs is 2. The van der Waals surface area contributed by atoms with Crippen LogP contribution in [0.25, 0.3) is 16.7 Å². The molecule has 212 valence electrons. The number of hydrogen-bond donors (Lipinski definition) is 1. The summed E-state index contributed by atoms with van der Waals surface area (Å²) in [6.45, 7) is 11.2. The summed E-state index contributed by atoms with van der Waals surface area (Å²) in [6.07, 6.45) is -0.998. The molecule has 5 rings (SSSR count). The van der Waals surface area contributed by atoms with Crippen molar-refractivity contribution in [3.05, 3.63) is 69.9 Å². The Labute approximate surface area is 230 Å². The van der Waals surface area contributed by atoms with Crippen molar-refractivity contribution in [2.75, 3.05) is 18.4 Å². The Kier molecular flexibility index (Phi) is 7.20. The van der Waals surface area contributed by atoms with Crippen LogP contribution in [0, 0.1) is 0 Å². The van der Waals surface area contributed by atoms with E-state index in [0.29, 0.717) is 36.5 Å². The Morgan fingerprint density at radius 3 is 2.52 bits per heavy atom. The van der Waals surface area contributed by atoms with Gasteiger partial charge in [0.2, 0.25) is 5.95 Å². The van der Waals surface area contributed by atoms with Crippen molar-refractivity contribution in [2.24, 2.45) is 0 Å². The molecule has 1 aliphatic heterocycles. The van der Waals surface area contributed by atoms with Crippen molar-refractivity contribution < 1.29 is 13.2 Å². The van der Waals surface area contributed by atoms with Crippen LogP contribution in [0.15, 0.2) is 47.5 Å². The third kappa shape index (κ3) is 5.74. The van der Waals surface area contributed by atoms with Crippen molar-refractivity contribution in [3.8, 4) is 5.69 Å². The van der Waals surface area contributed by atoms with Gasteiger partial charge in [-0.3, -0.25) is 14.7 Å². The van der Waals surface area contributed by atoms with Gasteiger partial charge in [0, 0.05) is 54.9 Å². The second-order valence-electron chi connectivity index (χ2n) is 11.6. The molecule has 3 aromatic heterocycles. The standard InChI is InChI=1S/C29H34F3N7O/c1-18(2)38-26(40)23-16-34-27(36-25(23)39(38)22-8-11-33-24(15-22)28(3,4)5)35-21-7-6-20-17-37(12-9-19(20)14-21)13-10-29(30,31)32/h6-8,11,14-16,18H,9-10,12-13,17H2,1-5H3,(H,34,35,36). The summed E-state index contributed by atoms with van der Waals surface area (Å²) in [5, 5.41) is 3.67. The number of anilines is 2. The summed E-state index contributed by atoms with van der Waals surface area (Å²) in [4.78, 5) is 28.9. The Bertz CT molecular complexity index is 1600. The second kappa shape index (κ2) is 10.3. The predicted octanol–water partition coefficient (Wildman–Crippen LogP) is 5.91. The summed E-state index contributed by atoms with van der Waals surface area (Å²) in [5.74, 6) is 0.342. The van der Waals surface area contributed by atoms with Crippen LogP contribution in [0.1, 0.15) is 63.9 Å². The average molecular weight is 554 g/mol. The molecule has 0 spiro atoms. The summed E-state index contributed by atoms with van der Waals surface area (Å²) in [6, 6.07) is 9.53. The van der Waals surface area contributed by atoms with E-state index in [2.05, 4.69) is 36.1 Å². The molecule has 11 heteroatoms. The molecule has 0 saturated heterocycles. The van der Waals surface area contributed by atoms with E-state index in [4.69, 9.17) is 4.98 Å². The minimum Gasteiger partial charge on any atom is -0.324 e. The average Bonchev–Trinajstić information content (AvgIpc) is 3.18. The molecule has 0 aliphatic carbocycles. The van der Waals surface area contributed by atoms with Crippen molar-refractivity contribution in [1.82, 2.24) is 29.2 Å². The van der Waals surface area contributed by atoms with Crippen LogP contribution < -0.4 is 10.9 Å². The lowest BCUT2D eigenvalue weighted by Crippen LogP contribution is -2.33. The lowest BCUT2D eigenvalue weighted by atomic mass is 9.91. The molecule has 1 aromatic carbocycles. The molecule has 0 unspecified atom stereocenters. The van der Waals surface area contributed by atoms with Crippen LogP contribution in [0.5, 0.6) is 0 Å². The Morgan fingerprint density at radius 1 is 1.05 bits per heavy atom. The monoisotopic (exact) mass is 553 g/mol. The molecule has 4 heterocycles. The van der Waals surface area contributed by atoms with E-state index in [1.807, 2.05) is 53.8 Å². The van der Waals surface area contributed by atoms with E-state index < -0.39 is 12.6 Å². The first-order valence-electron chi connectivity index (χ1n) is 13.5. The van der Waals surface area contributed by atoms with Crippen molar-refractivity contribution in [1.29, 1.82) is 0 Å². The van der Waals surface area contributed by atoms with Crippen LogP contribution in [-0.2, 0) is 18.4 Å². The van der Waals surface area contributed by atoms with Gasteiger partial charge in [-0.15, -0.1) is 0 Å². The van der Waals surface area contributed by atoms with Crippen LogP contribution in [0.2, 0.25) is 0 Å². The normalized spacial score (nSPS) is 14.6. The molecule has 0 fully saturated rings. The number of halogens is 3. The molecular formula is C29H34F3N7O. The maximum absolute atomic E-state index is 13.4. The molecule has 4 aromatic rings. The minimum atomic E-state index is -4.15. The largest absolute Gasteiger partial charge is 0.390 e. The van der Waals surface area contributed by atoms with Crippen molar-refractivity contribution in [3.63, 3.8) is 0 Å². The maximum Gasteiger partial charge on any atom is 0.390 e. The second-order valence-corrected chi connectivity index (χ2v) is 11.6. The van der Waals surface area contributed by atoms with E-state index >= 15 is 0 Å². The van der Waals surface area contributed by atoms with E-state index in [-0.39, 0.29) is 23.6 Å². The molecule has 8 nitrogen and oxygen atoms in total. The zero-order valence-corrected chi connectivity index (χ0v) is 23.4. The van der Waals surface area contributed by atoms with Crippen LogP contribution in [-0.4, -0.2) is 48.5 Å². The molecule has 0 radical (unpaired) electrons. The molecule has 1 aliphatic rings. The molecule has 0 saturated carbocycles. The van der Waals surface area contributed by atoms with Gasteiger partial charge < -0.3 is 5.32 Å². The topological polar surface area (TPSA) is 80.9 Å². The molecule has 0 bridgehead atoms. The zero-order valence-electron chi connectivity index (χ0n) is 23.4. The predicted molar refractivity (Wildman–Crippen MR) is 149 cm³/mol. The molecule has 0 atom stereocenters. The third-order valence-electron chi connectivity index (χ3n) is 7.13. The van der Waals surface area contributed by atoms with Gasteiger partial charge in [-0.2, -0.15) is 18.2 Å². The van der Waals surface area contributed by atoms with Gasteiger partial charge in [0.25, 0.3) is 5.56 Å². The van der Waals surface area contributed by atoms with Crippen LogP contribution >= 0.6 is 0 Å². The van der Waals surface area contributed by atoms with Gasteiger partial charge >= 0.3 is 6.18 Å². The smallest absolute Gasteiger partial charge is 0.324 e. The number of hydrogen-bond acceptors (Lipinski definition) is 6. The van der Waals surface area contributed by atoms with Crippen molar-refractivity contribution in [2.45, 2.75) is 71.6 Å². The quantitative estimate of drug-likeness (QED) is 0.320.